The third kappa shape index (κ3) is 6.96. The van der Waals surface area contributed by atoms with Crippen LogP contribution < -0.4 is 5.32 Å². The van der Waals surface area contributed by atoms with E-state index in [0.717, 1.165) is 57.3 Å². The van der Waals surface area contributed by atoms with E-state index in [0.29, 0.717) is 24.6 Å². The van der Waals surface area contributed by atoms with Crippen LogP contribution in [-0.2, 0) is 17.1 Å². The van der Waals surface area contributed by atoms with E-state index in [1.165, 1.54) is 0 Å². The number of piperidine rings is 1. The molecular weight excluding hydrogens is 438 g/mol. The van der Waals surface area contributed by atoms with Gasteiger partial charge in [0.25, 0.3) is 0 Å². The van der Waals surface area contributed by atoms with Crippen LogP contribution in [0.4, 0.5) is 26.3 Å². The van der Waals surface area contributed by atoms with Gasteiger partial charge in [0.05, 0.1) is 17.2 Å². The summed E-state index contributed by atoms with van der Waals surface area (Å²) in [5, 5.41) is 12.5. The fourth-order valence-electron chi connectivity index (χ4n) is 4.43. The number of aliphatic hydroxyl groups excluding tert-OH is 1. The molecule has 1 saturated carbocycles. The number of benzene rings is 1. The van der Waals surface area contributed by atoms with Crippen molar-refractivity contribution in [3.8, 4) is 0 Å². The van der Waals surface area contributed by atoms with Crippen molar-refractivity contribution in [2.75, 3.05) is 19.6 Å². The Kier molecular flexibility index (Phi) is 7.54. The molecule has 3 atom stereocenters. The number of alkyl halides is 6. The first kappa shape index (κ1) is 24.6. The fraction of sp³-hybridized carbons (Fsp3) is 0.591. The molecule has 1 aromatic rings. The van der Waals surface area contributed by atoms with Crippen molar-refractivity contribution >= 4 is 12.0 Å². The van der Waals surface area contributed by atoms with Crippen molar-refractivity contribution in [1.82, 2.24) is 10.2 Å². The minimum Gasteiger partial charge on any atom is -0.392 e. The van der Waals surface area contributed by atoms with Gasteiger partial charge in [-0.1, -0.05) is 0 Å². The Hall–Kier alpha value is -2.07. The van der Waals surface area contributed by atoms with Crippen molar-refractivity contribution in [2.45, 2.75) is 56.6 Å². The van der Waals surface area contributed by atoms with Crippen LogP contribution in [0.5, 0.6) is 0 Å². The summed E-state index contributed by atoms with van der Waals surface area (Å²) in [6.07, 6.45) is -4.09. The van der Waals surface area contributed by atoms with Crippen molar-refractivity contribution in [3.05, 3.63) is 41.0 Å². The molecule has 3 rings (SSSR count). The number of hydrogen-bond donors (Lipinski definition) is 2. The molecule has 2 fully saturated rings. The van der Waals surface area contributed by atoms with Crippen LogP contribution in [0.2, 0.25) is 0 Å². The van der Waals surface area contributed by atoms with Crippen molar-refractivity contribution < 1.29 is 36.2 Å². The maximum Gasteiger partial charge on any atom is 0.416 e. The summed E-state index contributed by atoms with van der Waals surface area (Å²) in [5.41, 5.74) is -3.20. The van der Waals surface area contributed by atoms with Gasteiger partial charge in [-0.3, -0.25) is 4.79 Å². The summed E-state index contributed by atoms with van der Waals surface area (Å²) in [4.78, 5) is 14.4. The second-order valence-corrected chi connectivity index (χ2v) is 8.61. The molecule has 0 unspecified atom stereocenters. The van der Waals surface area contributed by atoms with E-state index < -0.39 is 29.4 Å². The van der Waals surface area contributed by atoms with Crippen LogP contribution in [-0.4, -0.2) is 47.7 Å². The molecule has 0 radical (unpaired) electrons. The molecule has 10 heteroatoms. The lowest BCUT2D eigenvalue weighted by atomic mass is 10.0. The van der Waals surface area contributed by atoms with Gasteiger partial charge in [0.1, 0.15) is 0 Å². The second kappa shape index (κ2) is 9.82. The largest absolute Gasteiger partial charge is 0.416 e. The Labute approximate surface area is 182 Å². The van der Waals surface area contributed by atoms with E-state index in [-0.39, 0.29) is 23.8 Å². The van der Waals surface area contributed by atoms with Crippen LogP contribution in [0.15, 0.2) is 24.3 Å². The Morgan fingerprint density at radius 1 is 1.06 bits per heavy atom. The number of likely N-dealkylation sites (tertiary alicyclic amines) is 1. The number of aliphatic hydroxyl groups is 1. The van der Waals surface area contributed by atoms with Gasteiger partial charge in [-0.15, -0.1) is 0 Å². The molecule has 4 nitrogen and oxygen atoms in total. The normalized spacial score (nSPS) is 25.4. The molecule has 0 spiro atoms. The average Bonchev–Trinajstić information content (AvgIpc) is 3.11. The van der Waals surface area contributed by atoms with E-state index in [1.807, 2.05) is 0 Å². The highest BCUT2D eigenvalue weighted by Gasteiger charge is 2.36. The highest BCUT2D eigenvalue weighted by atomic mass is 19.4. The van der Waals surface area contributed by atoms with Gasteiger partial charge in [-0.05, 0) is 74.4 Å². The predicted molar refractivity (Wildman–Crippen MR) is 106 cm³/mol. The number of carbonyl (C=O) groups excluding carboxylic acids is 1. The van der Waals surface area contributed by atoms with Crippen molar-refractivity contribution in [3.63, 3.8) is 0 Å². The quantitative estimate of drug-likeness (QED) is 0.499. The Bertz CT molecular complexity index is 804. The Morgan fingerprint density at radius 3 is 2.31 bits per heavy atom. The molecule has 1 saturated heterocycles. The predicted octanol–water partition coefficient (Wildman–Crippen LogP) is 4.48. The third-order valence-electron chi connectivity index (χ3n) is 5.92. The number of hydrogen-bond acceptors (Lipinski definition) is 3. The molecule has 1 aliphatic heterocycles. The molecule has 1 heterocycles. The molecule has 1 amide bonds. The Balaban J connectivity index is 1.57. The maximum absolute atomic E-state index is 12.9. The molecule has 0 aromatic heterocycles. The first-order chi connectivity index (χ1) is 14.9. The monoisotopic (exact) mass is 464 g/mol. The SMILES string of the molecule is O=C(/C=C/c1cc(C(F)(F)F)cc(C(F)(F)F)c1)N[C@H]1CC[C@@H](CN2CCC[C@@H](O)C2)C1. The van der Waals surface area contributed by atoms with Crippen LogP contribution in [0.3, 0.4) is 0 Å². The Morgan fingerprint density at radius 2 is 1.72 bits per heavy atom. The topological polar surface area (TPSA) is 52.6 Å². The van der Waals surface area contributed by atoms with Gasteiger partial charge in [0, 0.05) is 25.2 Å². The van der Waals surface area contributed by atoms with E-state index in [4.69, 9.17) is 0 Å². The van der Waals surface area contributed by atoms with Crippen LogP contribution >= 0.6 is 0 Å². The molecule has 1 aliphatic carbocycles. The van der Waals surface area contributed by atoms with Crippen molar-refractivity contribution in [2.24, 2.45) is 5.92 Å². The number of carbonyl (C=O) groups is 1. The van der Waals surface area contributed by atoms with Gasteiger partial charge in [-0.2, -0.15) is 26.3 Å². The molecular formula is C22H26F6N2O2. The van der Waals surface area contributed by atoms with Crippen LogP contribution in [0, 0.1) is 5.92 Å². The molecule has 32 heavy (non-hydrogen) atoms. The number of nitrogens with one attached hydrogen (secondary N) is 1. The summed E-state index contributed by atoms with van der Waals surface area (Å²) in [7, 11) is 0. The highest BCUT2D eigenvalue weighted by molar-refractivity contribution is 5.92. The molecule has 1 aromatic carbocycles. The van der Waals surface area contributed by atoms with Gasteiger partial charge in [-0.25, -0.2) is 0 Å². The van der Waals surface area contributed by atoms with E-state index >= 15 is 0 Å². The number of β-amino-alcohol motifs (C(OH)–C–C–N with tert-alkyl or cyclic N) is 1. The summed E-state index contributed by atoms with van der Waals surface area (Å²) >= 11 is 0. The van der Waals surface area contributed by atoms with E-state index in [9.17, 15) is 36.2 Å². The van der Waals surface area contributed by atoms with Gasteiger partial charge in [0.15, 0.2) is 0 Å². The lowest BCUT2D eigenvalue weighted by Crippen LogP contribution is -2.40. The lowest BCUT2D eigenvalue weighted by Gasteiger charge is -2.31. The minimum atomic E-state index is -4.94. The second-order valence-electron chi connectivity index (χ2n) is 8.61. The first-order valence-corrected chi connectivity index (χ1v) is 10.6. The number of amides is 1. The zero-order valence-corrected chi connectivity index (χ0v) is 17.3. The zero-order valence-electron chi connectivity index (χ0n) is 17.3. The van der Waals surface area contributed by atoms with Gasteiger partial charge >= 0.3 is 12.4 Å². The van der Waals surface area contributed by atoms with E-state index in [1.54, 1.807) is 0 Å². The van der Waals surface area contributed by atoms with Crippen LogP contribution in [0.25, 0.3) is 6.08 Å². The standard InChI is InChI=1S/C22H26F6N2O2/c23-21(24,25)16-8-14(9-17(11-16)22(26,27)28)4-6-20(32)29-18-5-3-15(10-18)12-30-7-1-2-19(31)13-30/h4,6,8-9,11,15,18-19,31H,1-3,5,7,10,12-13H2,(H,29,32)/b6-4+/t15-,18+,19-/m1/s1. The first-order valence-electron chi connectivity index (χ1n) is 10.6. The fourth-order valence-corrected chi connectivity index (χ4v) is 4.43. The third-order valence-corrected chi connectivity index (χ3v) is 5.92. The maximum atomic E-state index is 12.9. The average molecular weight is 464 g/mol. The number of rotatable bonds is 5. The lowest BCUT2D eigenvalue weighted by molar-refractivity contribution is -0.143. The number of nitrogens with zero attached hydrogens (tertiary/aromatic N) is 1. The molecule has 0 bridgehead atoms. The van der Waals surface area contributed by atoms with Gasteiger partial charge < -0.3 is 15.3 Å². The smallest absolute Gasteiger partial charge is 0.392 e. The summed E-state index contributed by atoms with van der Waals surface area (Å²) < 4.78 is 77.7. The zero-order chi connectivity index (χ0) is 23.5. The summed E-state index contributed by atoms with van der Waals surface area (Å²) in [6, 6.07) is 1.12. The van der Waals surface area contributed by atoms with E-state index in [2.05, 4.69) is 10.2 Å². The highest BCUT2D eigenvalue weighted by Crippen LogP contribution is 2.36. The van der Waals surface area contributed by atoms with Gasteiger partial charge in [0.2, 0.25) is 5.91 Å². The number of halogens is 6. The minimum absolute atomic E-state index is 0.0530. The summed E-state index contributed by atoms with van der Waals surface area (Å²) in [6.45, 7) is 2.42. The van der Waals surface area contributed by atoms with Crippen molar-refractivity contribution in [1.29, 1.82) is 0 Å². The van der Waals surface area contributed by atoms with Crippen LogP contribution in [0.1, 0.15) is 48.8 Å². The molecule has 178 valence electrons. The molecule has 2 aliphatic rings. The summed E-state index contributed by atoms with van der Waals surface area (Å²) in [5.74, 6) is -0.192. The molecule has 2 N–H and O–H groups in total.